The Morgan fingerprint density at radius 3 is 1.71 bits per heavy atom. The number of aliphatic hydroxyl groups excluding tert-OH is 1. The van der Waals surface area contributed by atoms with Gasteiger partial charge in [-0.2, -0.15) is 0 Å². The lowest BCUT2D eigenvalue weighted by molar-refractivity contribution is 0.105. The van der Waals surface area contributed by atoms with Crippen LogP contribution in [0.15, 0.2) is 60.7 Å². The van der Waals surface area contributed by atoms with Gasteiger partial charge >= 0.3 is 0 Å². The molecule has 0 amide bonds. The Labute approximate surface area is 172 Å². The number of hydrogen-bond acceptors (Lipinski definition) is 2. The molecule has 4 heteroatoms. The topological polar surface area (TPSA) is 37.3 Å². The van der Waals surface area contributed by atoms with E-state index in [0.29, 0.717) is 5.56 Å². The minimum Gasteiger partial charge on any atom is -0.376 e. The van der Waals surface area contributed by atoms with Gasteiger partial charge in [0, 0.05) is 5.56 Å². The molecule has 1 unspecified atom stereocenters. The lowest BCUT2D eigenvalue weighted by Gasteiger charge is -2.06. The Morgan fingerprint density at radius 1 is 0.786 bits per heavy atom. The number of carbonyl (C=O) groups is 1. The molecule has 2 aromatic rings. The van der Waals surface area contributed by atoms with Crippen LogP contribution in [0, 0.1) is 22.9 Å². The van der Waals surface area contributed by atoms with Crippen molar-refractivity contribution < 1.29 is 9.90 Å². The molecule has 2 aromatic carbocycles. The molecule has 1 N–H and O–H groups in total. The fourth-order valence-electron chi connectivity index (χ4n) is 1.91. The van der Waals surface area contributed by atoms with Gasteiger partial charge in [0.2, 0.25) is 5.78 Å². The molecule has 0 spiro atoms. The van der Waals surface area contributed by atoms with Crippen molar-refractivity contribution in [2.75, 3.05) is 0 Å². The summed E-state index contributed by atoms with van der Waals surface area (Å²) >= 11 is 0. The molecule has 0 aliphatic heterocycles. The summed E-state index contributed by atoms with van der Waals surface area (Å²) in [7, 11) is -2.81. The van der Waals surface area contributed by atoms with Crippen LogP contribution in [-0.2, 0) is 0 Å². The summed E-state index contributed by atoms with van der Waals surface area (Å²) in [6, 6.07) is 18.7. The third-order valence-corrected chi connectivity index (χ3v) is 5.06. The maximum Gasteiger partial charge on any atom is 0.235 e. The van der Waals surface area contributed by atoms with Crippen molar-refractivity contribution in [3.8, 4) is 22.9 Å². The maximum absolute atomic E-state index is 11.5. The van der Waals surface area contributed by atoms with Crippen LogP contribution in [0.2, 0.25) is 39.3 Å². The van der Waals surface area contributed by atoms with E-state index in [9.17, 15) is 9.90 Å². The van der Waals surface area contributed by atoms with Gasteiger partial charge in [-0.15, -0.1) is 11.1 Å². The van der Waals surface area contributed by atoms with Gasteiger partial charge in [0.15, 0.2) is 0 Å². The molecular formula is C24H30O2Si2. The largest absolute Gasteiger partial charge is 0.376 e. The highest BCUT2D eigenvalue weighted by atomic mass is 28.3. The van der Waals surface area contributed by atoms with E-state index in [1.165, 1.54) is 0 Å². The van der Waals surface area contributed by atoms with E-state index in [-0.39, 0.29) is 5.78 Å². The zero-order chi connectivity index (χ0) is 21.2. The van der Waals surface area contributed by atoms with Gasteiger partial charge in [-0.3, -0.25) is 4.79 Å². The fourth-order valence-corrected chi connectivity index (χ4v) is 2.97. The summed E-state index contributed by atoms with van der Waals surface area (Å²) in [4.78, 5) is 11.5. The lowest BCUT2D eigenvalue weighted by Crippen LogP contribution is -2.17. The Balaban J connectivity index is 0.000000280. The van der Waals surface area contributed by atoms with Crippen LogP contribution in [0.5, 0.6) is 0 Å². The monoisotopic (exact) mass is 406 g/mol. The Bertz CT molecular complexity index is 869. The number of Topliss-reactive ketones (excluding diaryl/α,β-unsaturated/α-hetero) is 1. The van der Waals surface area contributed by atoms with Crippen LogP contribution in [0.1, 0.15) is 22.0 Å². The molecule has 28 heavy (non-hydrogen) atoms. The summed E-state index contributed by atoms with van der Waals surface area (Å²) in [6.45, 7) is 12.9. The van der Waals surface area contributed by atoms with Crippen molar-refractivity contribution in [1.82, 2.24) is 0 Å². The first kappa shape index (κ1) is 23.7. The number of carbonyl (C=O) groups excluding carboxylic acids is 1. The molecular weight excluding hydrogens is 376 g/mol. The standard InChI is InChI=1S/C12H16OSi.C12H14OSi/c2*1-14(2,3)10-9-12(13)11-7-5-4-6-8-11/h4-8,12-13H,1-3H3;4-8H,1-3H3. The van der Waals surface area contributed by atoms with Gasteiger partial charge in [-0.05, 0) is 11.5 Å². The first-order valence-electron chi connectivity index (χ1n) is 9.36. The molecule has 0 aliphatic rings. The van der Waals surface area contributed by atoms with Crippen molar-refractivity contribution in [1.29, 1.82) is 0 Å². The van der Waals surface area contributed by atoms with Crippen LogP contribution in [-0.4, -0.2) is 27.0 Å². The fraction of sp³-hybridized carbons (Fsp3) is 0.292. The summed E-state index contributed by atoms with van der Waals surface area (Å²) in [5, 5.41) is 9.73. The van der Waals surface area contributed by atoms with Gasteiger partial charge in [-0.25, -0.2) is 0 Å². The smallest absolute Gasteiger partial charge is 0.235 e. The SMILES string of the molecule is C[Si](C)(C)C#CC(=O)c1ccccc1.C[Si](C)(C)C#CC(O)c1ccccc1. The molecule has 0 fully saturated rings. The van der Waals surface area contributed by atoms with E-state index >= 15 is 0 Å². The molecule has 0 radical (unpaired) electrons. The zero-order valence-corrected chi connectivity index (χ0v) is 19.7. The maximum atomic E-state index is 11.5. The third-order valence-electron chi connectivity index (χ3n) is 3.29. The molecule has 0 aromatic heterocycles. The Kier molecular flexibility index (Phi) is 9.15. The van der Waals surface area contributed by atoms with E-state index in [2.05, 4.69) is 62.2 Å². The van der Waals surface area contributed by atoms with Crippen molar-refractivity contribution in [2.24, 2.45) is 0 Å². The number of ketones is 1. The second-order valence-electron chi connectivity index (χ2n) is 8.53. The highest BCUT2D eigenvalue weighted by molar-refractivity contribution is 6.84. The summed E-state index contributed by atoms with van der Waals surface area (Å²) in [5.74, 6) is 5.54. The molecule has 1 atom stereocenters. The van der Waals surface area contributed by atoms with Crippen LogP contribution < -0.4 is 0 Å². The van der Waals surface area contributed by atoms with Crippen LogP contribution in [0.3, 0.4) is 0 Å². The molecule has 2 nitrogen and oxygen atoms in total. The van der Waals surface area contributed by atoms with Gasteiger partial charge < -0.3 is 5.11 Å². The Morgan fingerprint density at radius 2 is 1.25 bits per heavy atom. The quantitative estimate of drug-likeness (QED) is 0.415. The summed E-state index contributed by atoms with van der Waals surface area (Å²) < 4.78 is 0. The van der Waals surface area contributed by atoms with Crippen molar-refractivity contribution in [3.05, 3.63) is 71.8 Å². The first-order chi connectivity index (χ1) is 13.0. The predicted molar refractivity (Wildman–Crippen MR) is 124 cm³/mol. The van der Waals surface area contributed by atoms with E-state index in [1.54, 1.807) is 12.1 Å². The number of rotatable bonds is 2. The lowest BCUT2D eigenvalue weighted by atomic mass is 10.1. The Hall–Kier alpha value is -2.38. The van der Waals surface area contributed by atoms with Crippen LogP contribution in [0.4, 0.5) is 0 Å². The highest BCUT2D eigenvalue weighted by Gasteiger charge is 2.10. The molecule has 0 saturated heterocycles. The number of aliphatic hydroxyl groups is 1. The van der Waals surface area contributed by atoms with E-state index in [1.807, 2.05) is 48.5 Å². The van der Waals surface area contributed by atoms with Gasteiger partial charge in [0.1, 0.15) is 22.3 Å². The number of hydrogen-bond donors (Lipinski definition) is 1. The van der Waals surface area contributed by atoms with E-state index in [4.69, 9.17) is 0 Å². The average molecular weight is 407 g/mol. The third kappa shape index (κ3) is 10.7. The minimum absolute atomic E-state index is 0.0759. The summed E-state index contributed by atoms with van der Waals surface area (Å²) in [5.41, 5.74) is 7.77. The molecule has 146 valence electrons. The molecule has 2 rings (SSSR count). The number of benzene rings is 2. The van der Waals surface area contributed by atoms with Crippen molar-refractivity contribution in [2.45, 2.75) is 45.4 Å². The van der Waals surface area contributed by atoms with Gasteiger partial charge in [0.05, 0.1) is 0 Å². The second kappa shape index (κ2) is 10.8. The molecule has 0 aliphatic carbocycles. The van der Waals surface area contributed by atoms with Gasteiger partial charge in [0.25, 0.3) is 0 Å². The molecule has 0 saturated carbocycles. The van der Waals surface area contributed by atoms with E-state index in [0.717, 1.165) is 5.56 Å². The zero-order valence-electron chi connectivity index (χ0n) is 17.7. The normalized spacial score (nSPS) is 11.5. The predicted octanol–water partition coefficient (Wildman–Crippen LogP) is 5.35. The molecule has 0 heterocycles. The highest BCUT2D eigenvalue weighted by Crippen LogP contribution is 2.11. The molecule has 0 bridgehead atoms. The van der Waals surface area contributed by atoms with Crippen molar-refractivity contribution >= 4 is 21.9 Å². The van der Waals surface area contributed by atoms with Crippen LogP contribution in [0.25, 0.3) is 0 Å². The van der Waals surface area contributed by atoms with Crippen LogP contribution >= 0.6 is 0 Å². The summed E-state index contributed by atoms with van der Waals surface area (Å²) in [6.07, 6.45) is -0.636. The van der Waals surface area contributed by atoms with Gasteiger partial charge in [-0.1, -0.05) is 106 Å². The van der Waals surface area contributed by atoms with Crippen molar-refractivity contribution in [3.63, 3.8) is 0 Å². The second-order valence-corrected chi connectivity index (χ2v) is 18.0. The minimum atomic E-state index is -1.43. The van der Waals surface area contributed by atoms with E-state index < -0.39 is 22.3 Å². The first-order valence-corrected chi connectivity index (χ1v) is 16.4. The average Bonchev–Trinajstić information content (AvgIpc) is 2.65.